The van der Waals surface area contributed by atoms with Gasteiger partial charge in [0, 0.05) is 27.4 Å². The predicted molar refractivity (Wildman–Crippen MR) is 66.6 cm³/mol. The number of hydrogen-bond donors (Lipinski definition) is 1. The maximum atomic E-state index is 13.6. The fourth-order valence-electron chi connectivity index (χ4n) is 1.46. The Morgan fingerprint density at radius 1 is 1.22 bits per heavy atom. The molecule has 92 valence electrons. The van der Waals surface area contributed by atoms with Crippen molar-refractivity contribution in [2.45, 2.75) is 0 Å². The van der Waals surface area contributed by atoms with Gasteiger partial charge in [-0.05, 0) is 24.3 Å². The predicted octanol–water partition coefficient (Wildman–Crippen LogP) is 3.89. The first-order chi connectivity index (χ1) is 8.49. The molecule has 0 aliphatic rings. The number of nitrogens with zero attached hydrogens (tertiary/aromatic N) is 1. The molecule has 2 rings (SSSR count). The quantitative estimate of drug-likeness (QED) is 0.852. The van der Waals surface area contributed by atoms with Gasteiger partial charge in [-0.3, -0.25) is 0 Å². The monoisotopic (exact) mass is 285 g/mol. The van der Waals surface area contributed by atoms with Crippen molar-refractivity contribution in [2.75, 3.05) is 0 Å². The van der Waals surface area contributed by atoms with Gasteiger partial charge < -0.3 is 5.11 Å². The Labute approximate surface area is 112 Å². The van der Waals surface area contributed by atoms with Crippen LogP contribution < -0.4 is 0 Å². The highest BCUT2D eigenvalue weighted by molar-refractivity contribution is 6.35. The minimum Gasteiger partial charge on any atom is -0.478 e. The molecule has 0 radical (unpaired) electrons. The van der Waals surface area contributed by atoms with Crippen LogP contribution in [0.25, 0.3) is 11.1 Å². The van der Waals surface area contributed by atoms with Crippen molar-refractivity contribution in [1.82, 2.24) is 4.98 Å². The molecule has 6 heteroatoms. The van der Waals surface area contributed by atoms with Crippen molar-refractivity contribution in [2.24, 2.45) is 0 Å². The summed E-state index contributed by atoms with van der Waals surface area (Å²) >= 11 is 11.7. The van der Waals surface area contributed by atoms with Crippen molar-refractivity contribution < 1.29 is 14.3 Å². The molecular weight excluding hydrogens is 280 g/mol. The molecule has 1 N–H and O–H groups in total. The van der Waals surface area contributed by atoms with Gasteiger partial charge in [0.2, 0.25) is 5.95 Å². The fourth-order valence-corrected chi connectivity index (χ4v) is 1.85. The van der Waals surface area contributed by atoms with E-state index >= 15 is 0 Å². The zero-order valence-corrected chi connectivity index (χ0v) is 10.3. The number of carboxylic acids is 1. The third-order valence-corrected chi connectivity index (χ3v) is 2.87. The SMILES string of the molecule is O=C(O)c1cnc(F)c(-c2cc(Cl)ccc2Cl)c1. The van der Waals surface area contributed by atoms with Gasteiger partial charge in [0.15, 0.2) is 0 Å². The summed E-state index contributed by atoms with van der Waals surface area (Å²) in [7, 11) is 0. The Bertz CT molecular complexity index is 631. The van der Waals surface area contributed by atoms with Crippen molar-refractivity contribution >= 4 is 29.2 Å². The molecule has 3 nitrogen and oxygen atoms in total. The van der Waals surface area contributed by atoms with Gasteiger partial charge in [0.25, 0.3) is 0 Å². The van der Waals surface area contributed by atoms with E-state index in [1.807, 2.05) is 0 Å². The minimum atomic E-state index is -1.19. The largest absolute Gasteiger partial charge is 0.478 e. The molecular formula is C12H6Cl2FNO2. The number of halogens is 3. The summed E-state index contributed by atoms with van der Waals surface area (Å²) in [5, 5.41) is 9.49. The first-order valence-corrected chi connectivity index (χ1v) is 5.59. The van der Waals surface area contributed by atoms with Crippen LogP contribution in [-0.2, 0) is 0 Å². The lowest BCUT2D eigenvalue weighted by atomic mass is 10.1. The Kier molecular flexibility index (Phi) is 3.50. The van der Waals surface area contributed by atoms with Gasteiger partial charge in [0.1, 0.15) is 0 Å². The summed E-state index contributed by atoms with van der Waals surface area (Å²) in [4.78, 5) is 14.2. The van der Waals surface area contributed by atoms with E-state index in [0.29, 0.717) is 10.6 Å². The number of rotatable bonds is 2. The standard InChI is InChI=1S/C12H6Cl2FNO2/c13-7-1-2-10(14)8(4-7)9-3-6(12(17)18)5-16-11(9)15/h1-5H,(H,17,18). The fraction of sp³-hybridized carbons (Fsp3) is 0. The van der Waals surface area contributed by atoms with Crippen LogP contribution in [0.5, 0.6) is 0 Å². The van der Waals surface area contributed by atoms with Crippen LogP contribution >= 0.6 is 23.2 Å². The first-order valence-electron chi connectivity index (χ1n) is 4.83. The van der Waals surface area contributed by atoms with Gasteiger partial charge in [-0.1, -0.05) is 23.2 Å². The van der Waals surface area contributed by atoms with E-state index in [1.54, 1.807) is 6.07 Å². The Morgan fingerprint density at radius 3 is 2.61 bits per heavy atom. The number of aromatic nitrogens is 1. The number of pyridine rings is 1. The van der Waals surface area contributed by atoms with Crippen LogP contribution in [-0.4, -0.2) is 16.1 Å². The van der Waals surface area contributed by atoms with E-state index in [-0.39, 0.29) is 16.1 Å². The molecule has 2 aromatic rings. The van der Waals surface area contributed by atoms with Gasteiger partial charge in [-0.25, -0.2) is 9.78 Å². The summed E-state index contributed by atoms with van der Waals surface area (Å²) in [5.74, 6) is -1.99. The van der Waals surface area contributed by atoms with Crippen LogP contribution in [0.2, 0.25) is 10.0 Å². The highest BCUT2D eigenvalue weighted by Crippen LogP contribution is 2.32. The lowest BCUT2D eigenvalue weighted by molar-refractivity contribution is 0.0696. The average molecular weight is 286 g/mol. The van der Waals surface area contributed by atoms with E-state index < -0.39 is 11.9 Å². The second-order valence-corrected chi connectivity index (χ2v) is 4.34. The zero-order chi connectivity index (χ0) is 13.3. The molecule has 0 aliphatic heterocycles. The van der Waals surface area contributed by atoms with E-state index in [0.717, 1.165) is 6.20 Å². The molecule has 18 heavy (non-hydrogen) atoms. The summed E-state index contributed by atoms with van der Waals surface area (Å²) in [6, 6.07) is 5.68. The third-order valence-electron chi connectivity index (χ3n) is 2.30. The van der Waals surface area contributed by atoms with Gasteiger partial charge in [0.05, 0.1) is 5.56 Å². The van der Waals surface area contributed by atoms with E-state index in [9.17, 15) is 9.18 Å². The van der Waals surface area contributed by atoms with Gasteiger partial charge >= 0.3 is 5.97 Å². The van der Waals surface area contributed by atoms with E-state index in [2.05, 4.69) is 4.98 Å². The normalized spacial score (nSPS) is 10.4. The Hall–Kier alpha value is -1.65. The topological polar surface area (TPSA) is 50.2 Å². The number of carboxylic acid groups (broad SMARTS) is 1. The van der Waals surface area contributed by atoms with Gasteiger partial charge in [-0.2, -0.15) is 4.39 Å². The molecule has 0 saturated carbocycles. The first kappa shape index (κ1) is 12.8. The summed E-state index contributed by atoms with van der Waals surface area (Å²) in [6.07, 6.45) is 0.944. The highest BCUT2D eigenvalue weighted by atomic mass is 35.5. The number of carbonyl (C=O) groups is 1. The molecule has 0 atom stereocenters. The van der Waals surface area contributed by atoms with Crippen molar-refractivity contribution in [3.63, 3.8) is 0 Å². The molecule has 0 fully saturated rings. The maximum absolute atomic E-state index is 13.6. The number of benzene rings is 1. The molecule has 0 bridgehead atoms. The zero-order valence-electron chi connectivity index (χ0n) is 8.82. The average Bonchev–Trinajstić information content (AvgIpc) is 2.33. The Balaban J connectivity index is 2.66. The second kappa shape index (κ2) is 4.92. The molecule has 0 saturated heterocycles. The van der Waals surface area contributed by atoms with E-state index in [1.165, 1.54) is 18.2 Å². The third kappa shape index (κ3) is 2.44. The Morgan fingerprint density at radius 2 is 1.94 bits per heavy atom. The molecule has 1 aromatic carbocycles. The number of hydrogen-bond acceptors (Lipinski definition) is 2. The lowest BCUT2D eigenvalue weighted by Crippen LogP contribution is -2.00. The smallest absolute Gasteiger partial charge is 0.337 e. The van der Waals surface area contributed by atoms with Crippen LogP contribution in [0.1, 0.15) is 10.4 Å². The lowest BCUT2D eigenvalue weighted by Gasteiger charge is -2.07. The molecule has 0 aliphatic carbocycles. The minimum absolute atomic E-state index is 0.00222. The van der Waals surface area contributed by atoms with Crippen molar-refractivity contribution in [3.8, 4) is 11.1 Å². The molecule has 1 aromatic heterocycles. The van der Waals surface area contributed by atoms with E-state index in [4.69, 9.17) is 28.3 Å². The van der Waals surface area contributed by atoms with Crippen LogP contribution in [0.3, 0.4) is 0 Å². The summed E-state index contributed by atoms with van der Waals surface area (Å²) < 4.78 is 13.6. The molecule has 0 amide bonds. The van der Waals surface area contributed by atoms with Crippen LogP contribution in [0, 0.1) is 5.95 Å². The molecule has 0 unspecified atom stereocenters. The van der Waals surface area contributed by atoms with Crippen LogP contribution in [0.15, 0.2) is 30.5 Å². The number of aromatic carboxylic acids is 1. The summed E-state index contributed by atoms with van der Waals surface area (Å²) in [6.45, 7) is 0. The maximum Gasteiger partial charge on any atom is 0.337 e. The summed E-state index contributed by atoms with van der Waals surface area (Å²) in [5.41, 5.74) is 0.183. The van der Waals surface area contributed by atoms with Crippen molar-refractivity contribution in [1.29, 1.82) is 0 Å². The highest BCUT2D eigenvalue weighted by Gasteiger charge is 2.14. The van der Waals surface area contributed by atoms with Crippen molar-refractivity contribution in [3.05, 3.63) is 52.0 Å². The van der Waals surface area contributed by atoms with Gasteiger partial charge in [-0.15, -0.1) is 0 Å². The van der Waals surface area contributed by atoms with Crippen LogP contribution in [0.4, 0.5) is 4.39 Å². The molecule has 1 heterocycles. The second-order valence-electron chi connectivity index (χ2n) is 3.49. The molecule has 0 spiro atoms.